The number of ether oxygens (including phenoxy) is 2. The number of methoxy groups -OCH3 is 1. The molecule has 0 radical (unpaired) electrons. The van der Waals surface area contributed by atoms with Gasteiger partial charge in [-0.2, -0.15) is 0 Å². The number of aromatic nitrogens is 4. The van der Waals surface area contributed by atoms with Crippen molar-refractivity contribution in [2.75, 3.05) is 13.7 Å². The van der Waals surface area contributed by atoms with Crippen molar-refractivity contribution in [3.05, 3.63) is 92.9 Å². The fourth-order valence-electron chi connectivity index (χ4n) is 4.32. The van der Waals surface area contributed by atoms with Crippen molar-refractivity contribution in [1.29, 1.82) is 0 Å². The van der Waals surface area contributed by atoms with Crippen LogP contribution < -0.4 is 11.2 Å². The van der Waals surface area contributed by atoms with E-state index in [0.717, 1.165) is 18.4 Å². The summed E-state index contributed by atoms with van der Waals surface area (Å²) in [6, 6.07) is 16.1. The highest BCUT2D eigenvalue weighted by Crippen LogP contribution is 2.17. The molecule has 34 heavy (non-hydrogen) atoms. The van der Waals surface area contributed by atoms with Crippen LogP contribution in [0, 0.1) is 0 Å². The van der Waals surface area contributed by atoms with Crippen molar-refractivity contribution in [2.45, 2.75) is 32.0 Å². The summed E-state index contributed by atoms with van der Waals surface area (Å²) in [5, 5.41) is 0. The molecule has 174 valence electrons. The van der Waals surface area contributed by atoms with Crippen molar-refractivity contribution in [3.8, 4) is 5.69 Å². The van der Waals surface area contributed by atoms with Crippen LogP contribution in [0.2, 0.25) is 0 Å². The zero-order valence-corrected chi connectivity index (χ0v) is 18.7. The van der Waals surface area contributed by atoms with Gasteiger partial charge in [0.15, 0.2) is 11.2 Å². The molecule has 0 aliphatic carbocycles. The first-order valence-corrected chi connectivity index (χ1v) is 11.1. The minimum atomic E-state index is -0.438. The standard InChI is InChI=1S/C25H24N4O5/c1-33-24(31)18-11-9-17(10-12-18)14-27-16-26-22-21(27)23(30)28(15-20-8-5-13-34-20)25(32)29(22)19-6-3-2-4-7-19/h2-4,6-7,9-12,16,20H,5,8,13-15H2,1H3/t20-/m1/s1. The van der Waals surface area contributed by atoms with E-state index in [2.05, 4.69) is 4.98 Å². The van der Waals surface area contributed by atoms with Crippen LogP contribution in [0.5, 0.6) is 0 Å². The molecular weight excluding hydrogens is 436 g/mol. The van der Waals surface area contributed by atoms with Gasteiger partial charge in [0.2, 0.25) is 0 Å². The van der Waals surface area contributed by atoms with Crippen molar-refractivity contribution in [2.24, 2.45) is 0 Å². The Morgan fingerprint density at radius 3 is 2.56 bits per heavy atom. The summed E-state index contributed by atoms with van der Waals surface area (Å²) in [6.07, 6.45) is 3.11. The molecule has 2 aromatic heterocycles. The number of hydrogen-bond donors (Lipinski definition) is 0. The summed E-state index contributed by atoms with van der Waals surface area (Å²) in [4.78, 5) is 43.2. The van der Waals surface area contributed by atoms with E-state index in [0.29, 0.717) is 35.6 Å². The summed E-state index contributed by atoms with van der Waals surface area (Å²) in [7, 11) is 1.34. The maximum absolute atomic E-state index is 13.5. The molecular formula is C25H24N4O5. The number of carbonyl (C=O) groups is 1. The van der Waals surface area contributed by atoms with Crippen LogP contribution in [0.4, 0.5) is 0 Å². The Morgan fingerprint density at radius 1 is 1.12 bits per heavy atom. The van der Waals surface area contributed by atoms with Crippen LogP contribution in [-0.2, 0) is 22.6 Å². The summed E-state index contributed by atoms with van der Waals surface area (Å²) in [5.41, 5.74) is 1.74. The lowest BCUT2D eigenvalue weighted by Gasteiger charge is -2.15. The summed E-state index contributed by atoms with van der Waals surface area (Å²) < 4.78 is 14.9. The third-order valence-electron chi connectivity index (χ3n) is 6.05. The number of rotatable bonds is 6. The first-order chi connectivity index (χ1) is 16.6. The van der Waals surface area contributed by atoms with Gasteiger partial charge in [-0.1, -0.05) is 30.3 Å². The maximum atomic E-state index is 13.5. The van der Waals surface area contributed by atoms with Crippen molar-refractivity contribution >= 4 is 17.1 Å². The maximum Gasteiger partial charge on any atom is 0.337 e. The van der Waals surface area contributed by atoms with Gasteiger partial charge in [0, 0.05) is 13.2 Å². The average molecular weight is 460 g/mol. The first-order valence-electron chi connectivity index (χ1n) is 11.1. The Labute approximate surface area is 194 Å². The lowest BCUT2D eigenvalue weighted by Crippen LogP contribution is -2.42. The van der Waals surface area contributed by atoms with Gasteiger partial charge in [0.05, 0.1) is 37.3 Å². The molecule has 3 heterocycles. The average Bonchev–Trinajstić information content (AvgIpc) is 3.53. The molecule has 0 N–H and O–H groups in total. The molecule has 4 aromatic rings. The highest BCUT2D eigenvalue weighted by molar-refractivity contribution is 5.89. The molecule has 0 amide bonds. The molecule has 1 fully saturated rings. The fourth-order valence-corrected chi connectivity index (χ4v) is 4.32. The predicted molar refractivity (Wildman–Crippen MR) is 125 cm³/mol. The third-order valence-corrected chi connectivity index (χ3v) is 6.05. The highest BCUT2D eigenvalue weighted by atomic mass is 16.5. The predicted octanol–water partition coefficient (Wildman–Crippen LogP) is 2.36. The Kier molecular flexibility index (Phi) is 5.85. The molecule has 1 saturated heterocycles. The number of benzene rings is 2. The van der Waals surface area contributed by atoms with Crippen LogP contribution in [0.15, 0.2) is 70.5 Å². The van der Waals surface area contributed by atoms with E-state index in [-0.39, 0.29) is 12.6 Å². The second-order valence-corrected chi connectivity index (χ2v) is 8.24. The number of hydrogen-bond acceptors (Lipinski definition) is 6. The second-order valence-electron chi connectivity index (χ2n) is 8.24. The zero-order valence-electron chi connectivity index (χ0n) is 18.7. The number of carbonyl (C=O) groups excluding carboxylic acids is 1. The van der Waals surface area contributed by atoms with Gasteiger partial charge in [0.1, 0.15) is 0 Å². The Morgan fingerprint density at radius 2 is 1.88 bits per heavy atom. The quantitative estimate of drug-likeness (QED) is 0.410. The lowest BCUT2D eigenvalue weighted by molar-refractivity contribution is 0.0600. The number of fused-ring (bicyclic) bond motifs is 1. The Hall–Kier alpha value is -3.98. The van der Waals surface area contributed by atoms with Crippen LogP contribution in [-0.4, -0.2) is 44.5 Å². The van der Waals surface area contributed by atoms with E-state index in [1.807, 2.05) is 30.3 Å². The summed E-state index contributed by atoms with van der Waals surface area (Å²) in [6.45, 7) is 1.17. The van der Waals surface area contributed by atoms with E-state index in [1.54, 1.807) is 35.2 Å². The molecule has 9 nitrogen and oxygen atoms in total. The van der Waals surface area contributed by atoms with E-state index in [4.69, 9.17) is 9.47 Å². The Balaban J connectivity index is 1.63. The Bertz CT molecular complexity index is 1450. The smallest absolute Gasteiger partial charge is 0.337 e. The monoisotopic (exact) mass is 460 g/mol. The minimum Gasteiger partial charge on any atom is -0.465 e. The van der Waals surface area contributed by atoms with Gasteiger partial charge in [0.25, 0.3) is 5.56 Å². The van der Waals surface area contributed by atoms with E-state index in [9.17, 15) is 14.4 Å². The molecule has 1 aliphatic rings. The van der Waals surface area contributed by atoms with Crippen molar-refractivity contribution < 1.29 is 14.3 Å². The second kappa shape index (κ2) is 9.11. The molecule has 0 unspecified atom stereocenters. The fraction of sp³-hybridized carbons (Fsp3) is 0.280. The number of nitrogens with zero attached hydrogens (tertiary/aromatic N) is 4. The summed E-state index contributed by atoms with van der Waals surface area (Å²) in [5.74, 6) is -0.413. The molecule has 5 rings (SSSR count). The van der Waals surface area contributed by atoms with Crippen molar-refractivity contribution in [1.82, 2.24) is 18.7 Å². The third kappa shape index (κ3) is 3.94. The molecule has 1 aliphatic heterocycles. The molecule has 0 spiro atoms. The van der Waals surface area contributed by atoms with E-state index < -0.39 is 17.2 Å². The van der Waals surface area contributed by atoms with E-state index >= 15 is 0 Å². The normalized spacial score (nSPS) is 15.6. The van der Waals surface area contributed by atoms with Gasteiger partial charge >= 0.3 is 11.7 Å². The van der Waals surface area contributed by atoms with E-state index in [1.165, 1.54) is 16.2 Å². The minimum absolute atomic E-state index is 0.172. The van der Waals surface area contributed by atoms with Gasteiger partial charge in [-0.15, -0.1) is 0 Å². The van der Waals surface area contributed by atoms with Crippen LogP contribution in [0.25, 0.3) is 16.9 Å². The zero-order chi connectivity index (χ0) is 23.7. The van der Waals surface area contributed by atoms with Crippen LogP contribution in [0.3, 0.4) is 0 Å². The van der Waals surface area contributed by atoms with Gasteiger partial charge in [-0.25, -0.2) is 19.1 Å². The lowest BCUT2D eigenvalue weighted by atomic mass is 10.1. The molecule has 2 aromatic carbocycles. The molecule has 0 saturated carbocycles. The van der Waals surface area contributed by atoms with Gasteiger partial charge in [-0.3, -0.25) is 9.36 Å². The van der Waals surface area contributed by atoms with Gasteiger partial charge < -0.3 is 14.0 Å². The molecule has 0 bridgehead atoms. The number of para-hydroxylation sites is 1. The first kappa shape index (κ1) is 21.8. The van der Waals surface area contributed by atoms with Crippen LogP contribution >= 0.6 is 0 Å². The van der Waals surface area contributed by atoms with Gasteiger partial charge in [-0.05, 0) is 42.7 Å². The topological polar surface area (TPSA) is 97.4 Å². The van der Waals surface area contributed by atoms with Crippen LogP contribution in [0.1, 0.15) is 28.8 Å². The SMILES string of the molecule is COC(=O)c1ccc(Cn2cnc3c2c(=O)n(C[C@H]2CCCO2)c(=O)n3-c2ccccc2)cc1. The number of imidazole rings is 1. The molecule has 9 heteroatoms. The number of esters is 1. The summed E-state index contributed by atoms with van der Waals surface area (Å²) >= 11 is 0. The van der Waals surface area contributed by atoms with Crippen molar-refractivity contribution in [3.63, 3.8) is 0 Å². The molecule has 1 atom stereocenters. The highest BCUT2D eigenvalue weighted by Gasteiger charge is 2.23. The largest absolute Gasteiger partial charge is 0.465 e.